The minimum Gasteiger partial charge on any atom is -0.348 e. The van der Waals surface area contributed by atoms with Gasteiger partial charge in [0.15, 0.2) is 0 Å². The van der Waals surface area contributed by atoms with Crippen LogP contribution in [0.15, 0.2) is 30.9 Å². The van der Waals surface area contributed by atoms with Gasteiger partial charge in [-0.3, -0.25) is 9.88 Å². The average molecular weight is 243 g/mol. The van der Waals surface area contributed by atoms with Crippen molar-refractivity contribution in [1.29, 1.82) is 0 Å². The normalized spacial score (nSPS) is 23.9. The Morgan fingerprint density at radius 2 is 2.22 bits per heavy atom. The van der Waals surface area contributed by atoms with Crippen LogP contribution in [0.1, 0.15) is 23.0 Å². The summed E-state index contributed by atoms with van der Waals surface area (Å²) in [7, 11) is 2.11. The third-order valence-corrected chi connectivity index (χ3v) is 3.73. The second kappa shape index (κ2) is 4.51. The molecule has 0 aliphatic carbocycles. The molecule has 0 fully saturated rings. The first kappa shape index (κ1) is 11.4. The molecule has 5 nitrogen and oxygen atoms in total. The van der Waals surface area contributed by atoms with Crippen LogP contribution in [-0.4, -0.2) is 39.5 Å². The van der Waals surface area contributed by atoms with Crippen molar-refractivity contribution in [1.82, 2.24) is 19.9 Å². The molecule has 0 saturated heterocycles. The molecule has 5 heteroatoms. The molecule has 2 unspecified atom stereocenters. The van der Waals surface area contributed by atoms with Crippen LogP contribution in [0.4, 0.5) is 0 Å². The summed E-state index contributed by atoms with van der Waals surface area (Å²) in [5, 5.41) is 0. The maximum Gasteiger partial charge on any atom is 0.0926 e. The predicted octanol–water partition coefficient (Wildman–Crippen LogP) is 0.709. The molecule has 0 spiro atoms. The molecule has 0 radical (unpaired) electrons. The van der Waals surface area contributed by atoms with Crippen molar-refractivity contribution in [3.8, 4) is 0 Å². The van der Waals surface area contributed by atoms with Gasteiger partial charge in [-0.05, 0) is 24.7 Å². The van der Waals surface area contributed by atoms with Crippen molar-refractivity contribution in [2.75, 3.05) is 13.6 Å². The third-order valence-electron chi connectivity index (χ3n) is 3.73. The SMILES string of the molecule is CN1C(CN)Cc2[nH]cnc2C1c1ccncc1. The molecule has 18 heavy (non-hydrogen) atoms. The van der Waals surface area contributed by atoms with Gasteiger partial charge in [0.25, 0.3) is 0 Å². The number of hydrogen-bond acceptors (Lipinski definition) is 4. The summed E-state index contributed by atoms with van der Waals surface area (Å²) in [5.74, 6) is 0. The van der Waals surface area contributed by atoms with Gasteiger partial charge in [0, 0.05) is 37.1 Å². The van der Waals surface area contributed by atoms with Crippen molar-refractivity contribution in [3.63, 3.8) is 0 Å². The lowest BCUT2D eigenvalue weighted by molar-refractivity contribution is 0.180. The van der Waals surface area contributed by atoms with E-state index in [9.17, 15) is 0 Å². The highest BCUT2D eigenvalue weighted by Crippen LogP contribution is 2.34. The van der Waals surface area contributed by atoms with Gasteiger partial charge in [-0.15, -0.1) is 0 Å². The number of nitrogens with two attached hydrogens (primary N) is 1. The Kier molecular flexibility index (Phi) is 2.85. The number of aromatic nitrogens is 3. The summed E-state index contributed by atoms with van der Waals surface area (Å²) in [5.41, 5.74) is 9.38. The molecule has 94 valence electrons. The lowest BCUT2D eigenvalue weighted by atomic mass is 9.92. The third kappa shape index (κ3) is 1.72. The zero-order chi connectivity index (χ0) is 12.5. The zero-order valence-electron chi connectivity index (χ0n) is 10.4. The molecule has 1 aliphatic heterocycles. The summed E-state index contributed by atoms with van der Waals surface area (Å²) in [4.78, 5) is 14.1. The topological polar surface area (TPSA) is 70.8 Å². The fraction of sp³-hybridized carbons (Fsp3) is 0.385. The molecule has 0 bridgehead atoms. The van der Waals surface area contributed by atoms with Crippen molar-refractivity contribution in [3.05, 3.63) is 47.8 Å². The molecular formula is C13H17N5. The maximum absolute atomic E-state index is 5.87. The zero-order valence-corrected chi connectivity index (χ0v) is 10.4. The van der Waals surface area contributed by atoms with E-state index in [0.717, 1.165) is 12.1 Å². The number of aromatic amines is 1. The highest BCUT2D eigenvalue weighted by Gasteiger charge is 2.33. The summed E-state index contributed by atoms with van der Waals surface area (Å²) < 4.78 is 0. The first-order chi connectivity index (χ1) is 8.81. The van der Waals surface area contributed by atoms with Crippen LogP contribution in [0.2, 0.25) is 0 Å². The first-order valence-electron chi connectivity index (χ1n) is 6.15. The molecule has 0 amide bonds. The minimum atomic E-state index is 0.163. The van der Waals surface area contributed by atoms with Crippen LogP contribution in [-0.2, 0) is 6.42 Å². The van der Waals surface area contributed by atoms with Crippen molar-refractivity contribution < 1.29 is 0 Å². The van der Waals surface area contributed by atoms with Crippen LogP contribution >= 0.6 is 0 Å². The Balaban J connectivity index is 2.07. The summed E-state index contributed by atoms with van der Waals surface area (Å²) in [6.07, 6.45) is 6.35. The van der Waals surface area contributed by atoms with Crippen molar-refractivity contribution in [2.24, 2.45) is 5.73 Å². The number of likely N-dealkylation sites (N-methyl/N-ethyl adjacent to an activating group) is 1. The quantitative estimate of drug-likeness (QED) is 0.815. The van der Waals surface area contributed by atoms with E-state index in [0.29, 0.717) is 12.6 Å². The Labute approximate surface area is 106 Å². The first-order valence-corrected chi connectivity index (χ1v) is 6.15. The molecule has 3 heterocycles. The lowest BCUT2D eigenvalue weighted by Crippen LogP contribution is -2.45. The van der Waals surface area contributed by atoms with Crippen LogP contribution in [0.3, 0.4) is 0 Å². The van der Waals surface area contributed by atoms with Gasteiger partial charge < -0.3 is 10.7 Å². The highest BCUT2D eigenvalue weighted by molar-refractivity contribution is 5.32. The Morgan fingerprint density at radius 3 is 2.94 bits per heavy atom. The number of H-pyrrole nitrogens is 1. The van der Waals surface area contributed by atoms with E-state index in [1.54, 1.807) is 6.33 Å². The average Bonchev–Trinajstić information content (AvgIpc) is 2.86. The lowest BCUT2D eigenvalue weighted by Gasteiger charge is -2.38. The maximum atomic E-state index is 5.87. The second-order valence-electron chi connectivity index (χ2n) is 4.71. The smallest absolute Gasteiger partial charge is 0.0926 e. The number of fused-ring (bicyclic) bond motifs is 1. The van der Waals surface area contributed by atoms with Gasteiger partial charge in [0.1, 0.15) is 0 Å². The number of imidazole rings is 1. The van der Waals surface area contributed by atoms with Crippen LogP contribution < -0.4 is 5.73 Å². The molecule has 3 rings (SSSR count). The fourth-order valence-corrected chi connectivity index (χ4v) is 2.70. The monoisotopic (exact) mass is 243 g/mol. The van der Waals surface area contributed by atoms with E-state index >= 15 is 0 Å². The Morgan fingerprint density at radius 1 is 1.44 bits per heavy atom. The van der Waals surface area contributed by atoms with E-state index in [-0.39, 0.29) is 6.04 Å². The second-order valence-corrected chi connectivity index (χ2v) is 4.71. The molecule has 2 aromatic heterocycles. The Bertz CT molecular complexity index is 521. The number of nitrogens with one attached hydrogen (secondary N) is 1. The standard InChI is InChI=1S/C13H17N5/c1-18-10(7-14)6-11-12(17-8-16-11)13(18)9-2-4-15-5-3-9/h2-5,8,10,13H,6-7,14H2,1H3,(H,16,17). The van der Waals surface area contributed by atoms with Gasteiger partial charge in [0.05, 0.1) is 18.1 Å². The van der Waals surface area contributed by atoms with Crippen LogP contribution in [0, 0.1) is 0 Å². The summed E-state index contributed by atoms with van der Waals surface area (Å²) in [6, 6.07) is 4.59. The van der Waals surface area contributed by atoms with E-state index in [1.807, 2.05) is 24.5 Å². The number of rotatable bonds is 2. The number of pyridine rings is 1. The molecule has 0 saturated carbocycles. The van der Waals surface area contributed by atoms with Gasteiger partial charge >= 0.3 is 0 Å². The van der Waals surface area contributed by atoms with Crippen molar-refractivity contribution in [2.45, 2.75) is 18.5 Å². The summed E-state index contributed by atoms with van der Waals surface area (Å²) in [6.45, 7) is 0.649. The number of nitrogens with zero attached hydrogens (tertiary/aromatic N) is 3. The molecular weight excluding hydrogens is 226 g/mol. The van der Waals surface area contributed by atoms with Crippen LogP contribution in [0.5, 0.6) is 0 Å². The van der Waals surface area contributed by atoms with E-state index in [2.05, 4.69) is 26.9 Å². The molecule has 2 atom stereocenters. The Hall–Kier alpha value is -1.72. The van der Waals surface area contributed by atoms with Crippen molar-refractivity contribution >= 4 is 0 Å². The largest absolute Gasteiger partial charge is 0.348 e. The predicted molar refractivity (Wildman–Crippen MR) is 69.0 cm³/mol. The van der Waals surface area contributed by atoms with Gasteiger partial charge in [-0.2, -0.15) is 0 Å². The van der Waals surface area contributed by atoms with E-state index in [4.69, 9.17) is 5.73 Å². The molecule has 2 aromatic rings. The summed E-state index contributed by atoms with van der Waals surface area (Å²) >= 11 is 0. The molecule has 3 N–H and O–H groups in total. The number of hydrogen-bond donors (Lipinski definition) is 2. The van der Waals surface area contributed by atoms with Crippen LogP contribution in [0.25, 0.3) is 0 Å². The molecule has 1 aliphatic rings. The van der Waals surface area contributed by atoms with Gasteiger partial charge in [-0.1, -0.05) is 0 Å². The minimum absolute atomic E-state index is 0.163. The molecule has 0 aromatic carbocycles. The van der Waals surface area contributed by atoms with E-state index in [1.165, 1.54) is 11.3 Å². The highest BCUT2D eigenvalue weighted by atomic mass is 15.2. The van der Waals surface area contributed by atoms with Gasteiger partial charge in [-0.25, -0.2) is 4.98 Å². The fourth-order valence-electron chi connectivity index (χ4n) is 2.70. The van der Waals surface area contributed by atoms with Gasteiger partial charge in [0.2, 0.25) is 0 Å². The van der Waals surface area contributed by atoms with E-state index < -0.39 is 0 Å².